The SMILES string of the molecule is CC(C)(C)C1CCN(C(=O)c2cccc([N+](=O)[O-])c2Cl)C1. The maximum Gasteiger partial charge on any atom is 0.288 e. The fourth-order valence-electron chi connectivity index (χ4n) is 2.65. The average molecular weight is 311 g/mol. The van der Waals surface area contributed by atoms with Gasteiger partial charge in [-0.1, -0.05) is 38.4 Å². The molecule has 5 nitrogen and oxygen atoms in total. The van der Waals surface area contributed by atoms with E-state index in [1.54, 1.807) is 11.0 Å². The fourth-order valence-corrected chi connectivity index (χ4v) is 2.92. The molecule has 1 heterocycles. The molecule has 21 heavy (non-hydrogen) atoms. The third-order valence-corrected chi connectivity index (χ3v) is 4.50. The summed E-state index contributed by atoms with van der Waals surface area (Å²) in [6.45, 7) is 7.81. The van der Waals surface area contributed by atoms with Crippen molar-refractivity contribution in [3.63, 3.8) is 0 Å². The van der Waals surface area contributed by atoms with E-state index < -0.39 is 4.92 Å². The molecule has 6 heteroatoms. The minimum atomic E-state index is -0.568. The smallest absolute Gasteiger partial charge is 0.288 e. The monoisotopic (exact) mass is 310 g/mol. The first-order chi connectivity index (χ1) is 9.71. The van der Waals surface area contributed by atoms with Crippen LogP contribution in [0, 0.1) is 21.4 Å². The second-order valence-corrected chi connectivity index (χ2v) is 6.88. The second kappa shape index (κ2) is 5.64. The molecule has 1 unspecified atom stereocenters. The van der Waals surface area contributed by atoms with Crippen LogP contribution in [0.1, 0.15) is 37.6 Å². The fraction of sp³-hybridized carbons (Fsp3) is 0.533. The van der Waals surface area contributed by atoms with Gasteiger partial charge in [0.25, 0.3) is 11.6 Å². The lowest BCUT2D eigenvalue weighted by atomic mass is 9.80. The Morgan fingerprint density at radius 3 is 2.62 bits per heavy atom. The van der Waals surface area contributed by atoms with Crippen molar-refractivity contribution in [3.8, 4) is 0 Å². The Kier molecular flexibility index (Phi) is 4.23. The van der Waals surface area contributed by atoms with Crippen LogP contribution in [-0.2, 0) is 0 Å². The Balaban J connectivity index is 2.23. The molecule has 1 aromatic carbocycles. The Labute approximate surface area is 129 Å². The van der Waals surface area contributed by atoms with Crippen molar-refractivity contribution >= 4 is 23.2 Å². The molecule has 1 atom stereocenters. The molecule has 0 bridgehead atoms. The zero-order valence-electron chi connectivity index (χ0n) is 12.4. The standard InChI is InChI=1S/C15H19ClN2O3/c1-15(2,3)10-7-8-17(9-10)14(19)11-5-4-6-12(13(11)16)18(20)21/h4-6,10H,7-9H2,1-3H3. The van der Waals surface area contributed by atoms with Gasteiger partial charge in [0.2, 0.25) is 0 Å². The van der Waals surface area contributed by atoms with Gasteiger partial charge in [-0.3, -0.25) is 14.9 Å². The van der Waals surface area contributed by atoms with E-state index >= 15 is 0 Å². The number of likely N-dealkylation sites (tertiary alicyclic amines) is 1. The van der Waals surface area contributed by atoms with Crippen LogP contribution in [0.4, 0.5) is 5.69 Å². The normalized spacial score (nSPS) is 18.9. The summed E-state index contributed by atoms with van der Waals surface area (Å²) in [5.74, 6) is 0.203. The molecule has 1 aliphatic rings. The van der Waals surface area contributed by atoms with Crippen LogP contribution >= 0.6 is 11.6 Å². The van der Waals surface area contributed by atoms with Crippen LogP contribution in [0.5, 0.6) is 0 Å². The molecule has 0 aliphatic carbocycles. The third-order valence-electron chi connectivity index (χ3n) is 4.11. The molecule has 1 aromatic rings. The first-order valence-corrected chi connectivity index (χ1v) is 7.32. The Morgan fingerprint density at radius 2 is 2.10 bits per heavy atom. The largest absolute Gasteiger partial charge is 0.338 e. The lowest BCUT2D eigenvalue weighted by Crippen LogP contribution is -2.31. The Hall–Kier alpha value is -1.62. The summed E-state index contributed by atoms with van der Waals surface area (Å²) in [6.07, 6.45) is 0.946. The number of benzene rings is 1. The van der Waals surface area contributed by atoms with Crippen molar-refractivity contribution < 1.29 is 9.72 Å². The van der Waals surface area contributed by atoms with Crippen molar-refractivity contribution in [1.82, 2.24) is 4.90 Å². The number of hydrogen-bond donors (Lipinski definition) is 0. The second-order valence-electron chi connectivity index (χ2n) is 6.50. The van der Waals surface area contributed by atoms with E-state index in [0.29, 0.717) is 19.0 Å². The summed E-state index contributed by atoms with van der Waals surface area (Å²) in [4.78, 5) is 24.6. The lowest BCUT2D eigenvalue weighted by molar-refractivity contribution is -0.384. The molecule has 1 fully saturated rings. The van der Waals surface area contributed by atoms with Crippen molar-refractivity contribution in [2.45, 2.75) is 27.2 Å². The number of nitrogens with zero attached hydrogens (tertiary/aromatic N) is 2. The molecule has 0 N–H and O–H groups in total. The number of amides is 1. The number of nitro benzene ring substituents is 1. The molecule has 1 saturated heterocycles. The van der Waals surface area contributed by atoms with Crippen LogP contribution in [0.3, 0.4) is 0 Å². The molecule has 0 saturated carbocycles. The van der Waals surface area contributed by atoms with Gasteiger partial charge in [0.05, 0.1) is 10.5 Å². The Bertz CT molecular complexity index is 581. The van der Waals surface area contributed by atoms with E-state index in [4.69, 9.17) is 11.6 Å². The summed E-state index contributed by atoms with van der Waals surface area (Å²) in [6, 6.07) is 4.34. The van der Waals surface area contributed by atoms with Gasteiger partial charge in [-0.2, -0.15) is 0 Å². The highest BCUT2D eigenvalue weighted by molar-refractivity contribution is 6.35. The highest BCUT2D eigenvalue weighted by atomic mass is 35.5. The van der Waals surface area contributed by atoms with Crippen molar-refractivity contribution in [1.29, 1.82) is 0 Å². The summed E-state index contributed by atoms with van der Waals surface area (Å²) < 4.78 is 0. The molecule has 114 valence electrons. The molecule has 2 rings (SSSR count). The van der Waals surface area contributed by atoms with Crippen LogP contribution in [-0.4, -0.2) is 28.8 Å². The minimum Gasteiger partial charge on any atom is -0.338 e. The van der Waals surface area contributed by atoms with Gasteiger partial charge in [-0.05, 0) is 23.8 Å². The van der Waals surface area contributed by atoms with Crippen LogP contribution in [0.2, 0.25) is 5.02 Å². The zero-order chi connectivity index (χ0) is 15.8. The van der Waals surface area contributed by atoms with E-state index in [-0.39, 0.29) is 27.6 Å². The molecule has 1 amide bonds. The van der Waals surface area contributed by atoms with E-state index in [0.717, 1.165) is 6.42 Å². The van der Waals surface area contributed by atoms with E-state index in [9.17, 15) is 14.9 Å². The topological polar surface area (TPSA) is 63.5 Å². The van der Waals surface area contributed by atoms with Gasteiger partial charge >= 0.3 is 0 Å². The van der Waals surface area contributed by atoms with E-state index in [2.05, 4.69) is 20.8 Å². The lowest BCUT2D eigenvalue weighted by Gasteiger charge is -2.27. The van der Waals surface area contributed by atoms with Gasteiger partial charge in [-0.15, -0.1) is 0 Å². The van der Waals surface area contributed by atoms with Gasteiger partial charge in [0.15, 0.2) is 0 Å². The summed E-state index contributed by atoms with van der Waals surface area (Å²) >= 11 is 6.01. The maximum atomic E-state index is 12.5. The number of nitro groups is 1. The van der Waals surface area contributed by atoms with Crippen LogP contribution in [0.15, 0.2) is 18.2 Å². The quantitative estimate of drug-likeness (QED) is 0.617. The minimum absolute atomic E-state index is 0.0771. The zero-order valence-corrected chi connectivity index (χ0v) is 13.2. The van der Waals surface area contributed by atoms with Crippen LogP contribution in [0.25, 0.3) is 0 Å². The molecular weight excluding hydrogens is 292 g/mol. The molecular formula is C15H19ClN2O3. The summed E-state index contributed by atoms with van der Waals surface area (Å²) in [5, 5.41) is 10.8. The van der Waals surface area contributed by atoms with Gasteiger partial charge in [0.1, 0.15) is 5.02 Å². The number of halogens is 1. The van der Waals surface area contributed by atoms with Crippen molar-refractivity contribution in [2.75, 3.05) is 13.1 Å². The maximum absolute atomic E-state index is 12.5. The highest BCUT2D eigenvalue weighted by Gasteiger charge is 2.35. The van der Waals surface area contributed by atoms with Crippen molar-refractivity contribution in [2.24, 2.45) is 11.3 Å². The average Bonchev–Trinajstić information content (AvgIpc) is 2.87. The summed E-state index contributed by atoms with van der Waals surface area (Å²) in [7, 11) is 0. The molecule has 1 aliphatic heterocycles. The third kappa shape index (κ3) is 3.18. The van der Waals surface area contributed by atoms with Gasteiger partial charge < -0.3 is 4.90 Å². The molecule has 0 radical (unpaired) electrons. The van der Waals surface area contributed by atoms with E-state index in [1.807, 2.05) is 0 Å². The first-order valence-electron chi connectivity index (χ1n) is 6.94. The summed E-state index contributed by atoms with van der Waals surface area (Å²) in [5.41, 5.74) is 0.121. The molecule has 0 spiro atoms. The predicted molar refractivity (Wildman–Crippen MR) is 81.6 cm³/mol. The van der Waals surface area contributed by atoms with Crippen LogP contribution < -0.4 is 0 Å². The van der Waals surface area contributed by atoms with E-state index in [1.165, 1.54) is 12.1 Å². The van der Waals surface area contributed by atoms with Crippen molar-refractivity contribution in [3.05, 3.63) is 38.9 Å². The number of carbonyl (C=O) groups is 1. The Morgan fingerprint density at radius 1 is 1.43 bits per heavy atom. The predicted octanol–water partition coefficient (Wildman–Crippen LogP) is 3.76. The van der Waals surface area contributed by atoms with Gasteiger partial charge in [0, 0.05) is 19.2 Å². The number of carbonyl (C=O) groups excluding carboxylic acids is 1. The van der Waals surface area contributed by atoms with Gasteiger partial charge in [-0.25, -0.2) is 0 Å². The molecule has 0 aromatic heterocycles. The first kappa shape index (κ1) is 15.8. The highest BCUT2D eigenvalue weighted by Crippen LogP contribution is 2.35. The number of rotatable bonds is 2. The number of hydrogen-bond acceptors (Lipinski definition) is 3.